The summed E-state index contributed by atoms with van der Waals surface area (Å²) in [5, 5.41) is 0.403. The first-order valence-electron chi connectivity index (χ1n) is 7.49. The maximum atomic E-state index is 12.7. The minimum Gasteiger partial charge on any atom is -0.484 e. The number of rotatable bonds is 4. The number of hydrogen-bond donors (Lipinski definition) is 1. The largest absolute Gasteiger partial charge is 0.484 e. The molecule has 134 valence electrons. The molecule has 0 amide bonds. The number of benzene rings is 1. The minimum atomic E-state index is -3.87. The number of fused-ring (bicyclic) bond motifs is 1. The van der Waals surface area contributed by atoms with Crippen LogP contribution >= 0.6 is 11.6 Å². The zero-order valence-electron chi connectivity index (χ0n) is 13.2. The van der Waals surface area contributed by atoms with Crippen molar-refractivity contribution in [1.82, 2.24) is 4.98 Å². The van der Waals surface area contributed by atoms with E-state index >= 15 is 0 Å². The molecule has 0 spiro atoms. The van der Waals surface area contributed by atoms with Gasteiger partial charge in [0.05, 0.1) is 9.92 Å². The second-order valence-corrected chi connectivity index (χ2v) is 7.84. The fraction of sp³-hybridized carbons (Fsp3) is 0.312. The normalized spacial score (nSPS) is 17.1. The molecule has 0 bridgehead atoms. The van der Waals surface area contributed by atoms with Crippen LogP contribution in [0.4, 0.5) is 14.6 Å². The Morgan fingerprint density at radius 3 is 2.80 bits per heavy atom. The summed E-state index contributed by atoms with van der Waals surface area (Å²) >= 11 is 5.81. The van der Waals surface area contributed by atoms with Gasteiger partial charge in [-0.3, -0.25) is 4.72 Å². The van der Waals surface area contributed by atoms with Crippen LogP contribution in [0.2, 0.25) is 5.02 Å². The molecule has 5 nitrogen and oxygen atoms in total. The predicted octanol–water partition coefficient (Wildman–Crippen LogP) is 3.80. The Labute approximate surface area is 149 Å². The van der Waals surface area contributed by atoms with E-state index in [0.717, 1.165) is 0 Å². The van der Waals surface area contributed by atoms with Gasteiger partial charge in [-0.15, -0.1) is 0 Å². The van der Waals surface area contributed by atoms with Crippen LogP contribution in [0.3, 0.4) is 0 Å². The third-order valence-electron chi connectivity index (χ3n) is 3.88. The van der Waals surface area contributed by atoms with E-state index < -0.39 is 22.6 Å². The van der Waals surface area contributed by atoms with Crippen molar-refractivity contribution in [3.63, 3.8) is 0 Å². The van der Waals surface area contributed by atoms with Gasteiger partial charge < -0.3 is 4.74 Å². The number of hydrogen-bond acceptors (Lipinski definition) is 4. The molecule has 0 saturated carbocycles. The van der Waals surface area contributed by atoms with Crippen LogP contribution < -0.4 is 9.46 Å². The van der Waals surface area contributed by atoms with Gasteiger partial charge >= 0.3 is 0 Å². The molecule has 0 aliphatic carbocycles. The minimum absolute atomic E-state index is 0.0153. The highest BCUT2D eigenvalue weighted by Crippen LogP contribution is 2.32. The van der Waals surface area contributed by atoms with Crippen LogP contribution in [-0.2, 0) is 16.4 Å². The third kappa shape index (κ3) is 3.85. The second kappa shape index (κ2) is 6.76. The highest BCUT2D eigenvalue weighted by Gasteiger charge is 2.28. The summed E-state index contributed by atoms with van der Waals surface area (Å²) in [5.41, 5.74) is 1.16. The Morgan fingerprint density at radius 1 is 1.36 bits per heavy atom. The van der Waals surface area contributed by atoms with Gasteiger partial charge in [-0.05, 0) is 55.2 Å². The van der Waals surface area contributed by atoms with Crippen molar-refractivity contribution in [2.45, 2.75) is 37.2 Å². The monoisotopic (exact) mass is 388 g/mol. The summed E-state index contributed by atoms with van der Waals surface area (Å²) in [6.45, 7) is 1.68. The van der Waals surface area contributed by atoms with Gasteiger partial charge in [-0.25, -0.2) is 22.2 Å². The van der Waals surface area contributed by atoms with E-state index in [0.29, 0.717) is 22.6 Å². The van der Waals surface area contributed by atoms with Gasteiger partial charge in [-0.2, -0.15) is 0 Å². The van der Waals surface area contributed by atoms with E-state index in [1.807, 2.05) is 0 Å². The molecule has 0 fully saturated rings. The molecule has 1 aliphatic heterocycles. The molecule has 9 heteroatoms. The summed E-state index contributed by atoms with van der Waals surface area (Å²) in [6.07, 6.45) is -1.92. The lowest BCUT2D eigenvalue weighted by molar-refractivity contribution is 0.000537. The molecule has 1 aromatic carbocycles. The zero-order chi connectivity index (χ0) is 18.2. The Morgan fingerprint density at radius 2 is 2.12 bits per heavy atom. The summed E-state index contributed by atoms with van der Waals surface area (Å²) in [5.74, 6) is 0.465. The van der Waals surface area contributed by atoms with Crippen molar-refractivity contribution >= 4 is 27.4 Å². The lowest BCUT2D eigenvalue weighted by Crippen LogP contribution is -2.29. The van der Waals surface area contributed by atoms with Crippen molar-refractivity contribution in [3.05, 3.63) is 46.6 Å². The summed E-state index contributed by atoms with van der Waals surface area (Å²) < 4.78 is 58.2. The maximum Gasteiger partial charge on any atom is 0.274 e. The van der Waals surface area contributed by atoms with E-state index in [9.17, 15) is 17.2 Å². The second-order valence-electron chi connectivity index (χ2n) is 5.72. The van der Waals surface area contributed by atoms with Crippen molar-refractivity contribution in [2.24, 2.45) is 0 Å². The first-order valence-corrected chi connectivity index (χ1v) is 9.35. The average molecular weight is 389 g/mol. The fourth-order valence-electron chi connectivity index (χ4n) is 2.56. The Kier molecular flexibility index (Phi) is 4.83. The number of nitrogens with zero attached hydrogens (tertiary/aromatic N) is 1. The maximum absolute atomic E-state index is 12.7. The van der Waals surface area contributed by atoms with Crippen LogP contribution in [0.15, 0.2) is 35.4 Å². The van der Waals surface area contributed by atoms with E-state index in [1.54, 1.807) is 13.0 Å². The summed E-state index contributed by atoms with van der Waals surface area (Å²) in [7, 11) is -3.87. The molecule has 3 rings (SSSR count). The van der Waals surface area contributed by atoms with E-state index in [1.165, 1.54) is 24.4 Å². The molecule has 1 atom stereocenters. The molecular formula is C16H15ClF2N2O3S. The molecule has 2 heterocycles. The van der Waals surface area contributed by atoms with Crippen molar-refractivity contribution in [3.8, 4) is 5.75 Å². The highest BCUT2D eigenvalue weighted by atomic mass is 35.5. The highest BCUT2D eigenvalue weighted by molar-refractivity contribution is 7.92. The molecule has 1 unspecified atom stereocenters. The number of pyridine rings is 1. The lowest BCUT2D eigenvalue weighted by Gasteiger charge is -2.25. The molecule has 1 N–H and O–H groups in total. The van der Waals surface area contributed by atoms with Gasteiger partial charge in [0.15, 0.2) is 6.10 Å². The van der Waals surface area contributed by atoms with Gasteiger partial charge in [0.1, 0.15) is 11.6 Å². The molecule has 2 aromatic rings. The Hall–Kier alpha value is -1.93. The number of alkyl halides is 2. The number of ether oxygens (including phenoxy) is 1. The van der Waals surface area contributed by atoms with Gasteiger partial charge in [0.2, 0.25) is 0 Å². The topological polar surface area (TPSA) is 68.3 Å². The van der Waals surface area contributed by atoms with E-state index in [4.69, 9.17) is 16.3 Å². The number of nitrogens with one attached hydrogen (secondary N) is 1. The fourth-order valence-corrected chi connectivity index (χ4v) is 3.91. The Balaban J connectivity index is 1.86. The van der Waals surface area contributed by atoms with Crippen molar-refractivity contribution in [1.29, 1.82) is 0 Å². The van der Waals surface area contributed by atoms with Crippen molar-refractivity contribution in [2.75, 3.05) is 4.72 Å². The third-order valence-corrected chi connectivity index (χ3v) is 5.42. The molecule has 0 saturated heterocycles. The average Bonchev–Trinajstić information content (AvgIpc) is 2.56. The van der Waals surface area contributed by atoms with Crippen LogP contribution in [0.1, 0.15) is 17.5 Å². The number of sulfonamides is 1. The molecule has 1 aromatic heterocycles. The zero-order valence-corrected chi connectivity index (χ0v) is 14.7. The molecular weight excluding hydrogens is 374 g/mol. The van der Waals surface area contributed by atoms with Crippen molar-refractivity contribution < 1.29 is 21.9 Å². The lowest BCUT2D eigenvalue weighted by atomic mass is 10.0. The van der Waals surface area contributed by atoms with E-state index in [-0.39, 0.29) is 22.9 Å². The van der Waals surface area contributed by atoms with Crippen LogP contribution in [0.5, 0.6) is 5.75 Å². The first-order chi connectivity index (χ1) is 11.8. The van der Waals surface area contributed by atoms with E-state index in [2.05, 4.69) is 9.71 Å². The predicted molar refractivity (Wildman–Crippen MR) is 90.0 cm³/mol. The van der Waals surface area contributed by atoms with Crippen LogP contribution in [0.25, 0.3) is 0 Å². The summed E-state index contributed by atoms with van der Waals surface area (Å²) in [6, 6.07) is 5.75. The smallest absolute Gasteiger partial charge is 0.274 e. The number of halogens is 3. The SMILES string of the molecule is Cc1cc(Cl)cnc1NS(=O)(=O)c1ccc2c(c1)CCC(C(F)F)O2. The Bertz CT molecular complexity index is 906. The molecule has 1 aliphatic rings. The number of aryl methyl sites for hydroxylation is 2. The molecule has 25 heavy (non-hydrogen) atoms. The first kappa shape index (κ1) is 17.9. The summed E-state index contributed by atoms with van der Waals surface area (Å²) in [4.78, 5) is 3.99. The van der Waals surface area contributed by atoms with Crippen LogP contribution in [-0.4, -0.2) is 25.9 Å². The van der Waals surface area contributed by atoms with Gasteiger partial charge in [0.25, 0.3) is 16.4 Å². The van der Waals surface area contributed by atoms with Gasteiger partial charge in [0, 0.05) is 6.20 Å². The van der Waals surface area contributed by atoms with Gasteiger partial charge in [-0.1, -0.05) is 11.6 Å². The standard InChI is InChI=1S/C16H15ClF2N2O3S/c1-9-6-11(17)8-20-16(9)21-25(22,23)12-3-5-13-10(7-12)2-4-14(24-13)15(18)19/h3,5-8,14-15H,2,4H2,1H3,(H,20,21). The number of aromatic nitrogens is 1. The number of anilines is 1. The quantitative estimate of drug-likeness (QED) is 0.864. The van der Waals surface area contributed by atoms with Crippen LogP contribution in [0, 0.1) is 6.92 Å². The molecule has 0 radical (unpaired) electrons.